The van der Waals surface area contributed by atoms with Gasteiger partial charge in [0.05, 0.1) is 37.0 Å². The van der Waals surface area contributed by atoms with Gasteiger partial charge in [-0.25, -0.2) is 4.98 Å². The molecule has 2 aliphatic heterocycles. The molecule has 4 heterocycles. The highest BCUT2D eigenvalue weighted by Gasteiger charge is 2.27. The molecule has 10 nitrogen and oxygen atoms in total. The van der Waals surface area contributed by atoms with E-state index in [0.29, 0.717) is 37.8 Å². The molecule has 0 aliphatic carbocycles. The van der Waals surface area contributed by atoms with Crippen molar-refractivity contribution in [3.63, 3.8) is 0 Å². The molecule has 0 bridgehead atoms. The van der Waals surface area contributed by atoms with Gasteiger partial charge in [-0.3, -0.25) is 15.1 Å². The average molecular weight is 362 g/mol. The third-order valence-electron chi connectivity index (χ3n) is 3.57. The molecule has 4 rings (SSSR count). The zero-order chi connectivity index (χ0) is 18.4. The van der Waals surface area contributed by atoms with E-state index in [0.717, 1.165) is 0 Å². The van der Waals surface area contributed by atoms with Crippen LogP contribution in [0.15, 0.2) is 36.7 Å². The van der Waals surface area contributed by atoms with Crippen LogP contribution in [-0.4, -0.2) is 41.3 Å². The highest BCUT2D eigenvalue weighted by atomic mass is 16.7. The van der Waals surface area contributed by atoms with Crippen LogP contribution in [0.5, 0.6) is 0 Å². The number of aromatic nitrogens is 2. The first-order chi connectivity index (χ1) is 12.7. The normalized spacial score (nSPS) is 17.7. The van der Waals surface area contributed by atoms with E-state index in [4.69, 9.17) is 24.7 Å². The highest BCUT2D eigenvalue weighted by Crippen LogP contribution is 2.28. The largest absolute Gasteiger partial charge is 0.397 e. The van der Waals surface area contributed by atoms with E-state index in [1.807, 2.05) is 0 Å². The van der Waals surface area contributed by atoms with Gasteiger partial charge in [-0.15, -0.1) is 0 Å². The Morgan fingerprint density at radius 1 is 0.923 bits per heavy atom. The van der Waals surface area contributed by atoms with E-state index < -0.39 is 11.2 Å². The predicted octanol–water partition coefficient (Wildman–Crippen LogP) is 1.74. The summed E-state index contributed by atoms with van der Waals surface area (Å²) in [5.41, 5.74) is 7.13. The molecule has 138 valence electrons. The molecule has 2 aliphatic rings. The maximum atomic E-state index is 10.6. The monoisotopic (exact) mass is 362 g/mol. The second kappa shape index (κ2) is 8.63. The Morgan fingerprint density at radius 2 is 1.42 bits per heavy atom. The first kappa shape index (κ1) is 18.1. The number of rotatable bonds is 3. The second-order valence-electron chi connectivity index (χ2n) is 5.29. The van der Waals surface area contributed by atoms with Crippen molar-refractivity contribution >= 4 is 11.4 Å². The molecule has 2 aromatic heterocycles. The van der Waals surface area contributed by atoms with Crippen LogP contribution in [0.3, 0.4) is 0 Å². The summed E-state index contributed by atoms with van der Waals surface area (Å²) in [6.45, 7) is 2.11. The van der Waals surface area contributed by atoms with Crippen molar-refractivity contribution in [2.24, 2.45) is 0 Å². The molecule has 26 heavy (non-hydrogen) atoms. The molecule has 10 heteroatoms. The molecule has 0 spiro atoms. The molecule has 2 fully saturated rings. The highest BCUT2D eigenvalue weighted by molar-refractivity contribution is 5.42. The summed E-state index contributed by atoms with van der Waals surface area (Å²) in [6, 6.07) is 6.46. The van der Waals surface area contributed by atoms with Gasteiger partial charge in [0.25, 0.3) is 5.69 Å². The van der Waals surface area contributed by atoms with E-state index in [2.05, 4.69) is 9.97 Å². The average Bonchev–Trinajstić information content (AvgIpc) is 3.37. The van der Waals surface area contributed by atoms with Crippen LogP contribution in [0, 0.1) is 10.1 Å². The van der Waals surface area contributed by atoms with Gasteiger partial charge in [0, 0.05) is 18.5 Å². The van der Waals surface area contributed by atoms with Crippen molar-refractivity contribution in [2.75, 3.05) is 32.2 Å². The zero-order valence-corrected chi connectivity index (χ0v) is 13.8. The number of nitrogens with zero attached hydrogens (tertiary/aromatic N) is 3. The van der Waals surface area contributed by atoms with Gasteiger partial charge in [-0.2, -0.15) is 0 Å². The topological polar surface area (TPSA) is 132 Å². The van der Waals surface area contributed by atoms with Crippen LogP contribution in [0.2, 0.25) is 0 Å². The van der Waals surface area contributed by atoms with Gasteiger partial charge in [0.1, 0.15) is 5.69 Å². The summed E-state index contributed by atoms with van der Waals surface area (Å²) in [5, 5.41) is 10.6. The lowest BCUT2D eigenvalue weighted by Gasteiger charge is -2.09. The molecule has 0 unspecified atom stereocenters. The third-order valence-corrected chi connectivity index (χ3v) is 3.57. The first-order valence-corrected chi connectivity index (χ1v) is 7.93. The molecule has 0 amide bonds. The maximum Gasteiger partial charge on any atom is 0.296 e. The Morgan fingerprint density at radius 3 is 1.96 bits per heavy atom. The molecule has 0 radical (unpaired) electrons. The summed E-state index contributed by atoms with van der Waals surface area (Å²) < 4.78 is 20.8. The van der Waals surface area contributed by atoms with E-state index in [-0.39, 0.29) is 17.7 Å². The first-order valence-electron chi connectivity index (χ1n) is 7.93. The van der Waals surface area contributed by atoms with Crippen molar-refractivity contribution < 1.29 is 23.9 Å². The number of nitrogens with two attached hydrogens (primary N) is 1. The fourth-order valence-corrected chi connectivity index (χ4v) is 2.40. The molecule has 0 saturated carbocycles. The Balaban J connectivity index is 0.000000152. The van der Waals surface area contributed by atoms with E-state index >= 15 is 0 Å². The molecular weight excluding hydrogens is 344 g/mol. The quantitative estimate of drug-likeness (QED) is 0.640. The Labute approximate surface area is 149 Å². The molecule has 2 N–H and O–H groups in total. The number of pyridine rings is 2. The van der Waals surface area contributed by atoms with Crippen molar-refractivity contribution in [3.8, 4) is 0 Å². The minimum absolute atomic E-state index is 0.0700. The zero-order valence-electron chi connectivity index (χ0n) is 13.8. The SMILES string of the molecule is Nc1cccnc1C1OCCO1.O=[N+]([O-])c1cccnc1C1OCCO1. The molecule has 2 aromatic rings. The summed E-state index contributed by atoms with van der Waals surface area (Å²) in [4.78, 5) is 18.1. The van der Waals surface area contributed by atoms with Gasteiger partial charge < -0.3 is 24.7 Å². The molecular formula is C16H18N4O6. The van der Waals surface area contributed by atoms with Crippen LogP contribution in [0.25, 0.3) is 0 Å². The van der Waals surface area contributed by atoms with Crippen LogP contribution in [0.1, 0.15) is 24.0 Å². The Hall–Kier alpha value is -2.66. The third kappa shape index (κ3) is 4.29. The van der Waals surface area contributed by atoms with Gasteiger partial charge in [-0.05, 0) is 18.2 Å². The minimum Gasteiger partial charge on any atom is -0.397 e. The summed E-state index contributed by atoms with van der Waals surface area (Å²) >= 11 is 0. The van der Waals surface area contributed by atoms with Gasteiger partial charge in [-0.1, -0.05) is 0 Å². The van der Waals surface area contributed by atoms with Crippen molar-refractivity contribution in [1.82, 2.24) is 9.97 Å². The number of anilines is 1. The molecule has 0 aromatic carbocycles. The standard InChI is InChI=1S/C8H8N2O4.C8H10N2O2/c11-10(12)6-2-1-3-9-7(6)8-13-4-5-14-8;9-6-2-1-3-10-7(6)8-11-4-5-12-8/h1-3,8H,4-5H2;1-3,8H,4-5,9H2. The fourth-order valence-electron chi connectivity index (χ4n) is 2.40. The van der Waals surface area contributed by atoms with E-state index in [1.54, 1.807) is 18.3 Å². The number of hydrogen-bond acceptors (Lipinski definition) is 9. The molecule has 2 saturated heterocycles. The van der Waals surface area contributed by atoms with Gasteiger partial charge in [0.15, 0.2) is 5.69 Å². The fraction of sp³-hybridized carbons (Fsp3) is 0.375. The predicted molar refractivity (Wildman–Crippen MR) is 88.8 cm³/mol. The summed E-state index contributed by atoms with van der Waals surface area (Å²) in [5.74, 6) is 0. The van der Waals surface area contributed by atoms with Crippen LogP contribution in [-0.2, 0) is 18.9 Å². The van der Waals surface area contributed by atoms with E-state index in [9.17, 15) is 10.1 Å². The lowest BCUT2D eigenvalue weighted by atomic mass is 10.3. The summed E-state index contributed by atoms with van der Waals surface area (Å²) in [6.07, 6.45) is 2.09. The van der Waals surface area contributed by atoms with Crippen LogP contribution < -0.4 is 5.73 Å². The lowest BCUT2D eigenvalue weighted by molar-refractivity contribution is -0.387. The maximum absolute atomic E-state index is 10.6. The lowest BCUT2D eigenvalue weighted by Crippen LogP contribution is -2.05. The smallest absolute Gasteiger partial charge is 0.296 e. The van der Waals surface area contributed by atoms with Crippen molar-refractivity contribution in [2.45, 2.75) is 12.6 Å². The van der Waals surface area contributed by atoms with Gasteiger partial charge >= 0.3 is 0 Å². The molecule has 0 atom stereocenters. The number of nitro groups is 1. The minimum atomic E-state index is -0.698. The number of hydrogen-bond donors (Lipinski definition) is 1. The van der Waals surface area contributed by atoms with Crippen LogP contribution in [0.4, 0.5) is 11.4 Å². The Bertz CT molecular complexity index is 747. The van der Waals surface area contributed by atoms with Crippen molar-refractivity contribution in [1.29, 1.82) is 0 Å². The van der Waals surface area contributed by atoms with Crippen molar-refractivity contribution in [3.05, 3.63) is 58.2 Å². The van der Waals surface area contributed by atoms with E-state index in [1.165, 1.54) is 18.3 Å². The summed E-state index contributed by atoms with van der Waals surface area (Å²) in [7, 11) is 0. The number of nitrogen functional groups attached to an aromatic ring is 1. The van der Waals surface area contributed by atoms with Crippen LogP contribution >= 0.6 is 0 Å². The Kier molecular flexibility index (Phi) is 6.02. The second-order valence-corrected chi connectivity index (χ2v) is 5.29. The number of ether oxygens (including phenoxy) is 4. The van der Waals surface area contributed by atoms with Gasteiger partial charge in [0.2, 0.25) is 12.6 Å².